The molecule has 1 aromatic heterocycles. The van der Waals surface area contributed by atoms with Crippen molar-refractivity contribution >= 4 is 34.3 Å². The van der Waals surface area contributed by atoms with Gasteiger partial charge < -0.3 is 48.5 Å². The first kappa shape index (κ1) is 52.2. The van der Waals surface area contributed by atoms with Gasteiger partial charge in [-0.1, -0.05) is 44.6 Å². The second-order valence-corrected chi connectivity index (χ2v) is 19.8. The Hall–Kier alpha value is -4.18. The number of methoxy groups -OCH3 is 2. The maximum Gasteiger partial charge on any atom is 0.329 e. The van der Waals surface area contributed by atoms with Crippen molar-refractivity contribution in [3.8, 4) is 5.75 Å². The Balaban J connectivity index is 1.32. The second-order valence-electron chi connectivity index (χ2n) is 19.8. The molecule has 1 saturated carbocycles. The van der Waals surface area contributed by atoms with Crippen LogP contribution in [0, 0.1) is 29.6 Å². The fourth-order valence-electron chi connectivity index (χ4n) is 11.0. The number of nitrogens with zero attached hydrogens (tertiary/aromatic N) is 1. The Morgan fingerprint density at radius 3 is 2.43 bits per heavy atom. The molecule has 14 nitrogen and oxygen atoms in total. The summed E-state index contributed by atoms with van der Waals surface area (Å²) >= 11 is 0. The van der Waals surface area contributed by atoms with Crippen LogP contribution in [0.2, 0.25) is 0 Å². The number of carbonyl (C=O) groups is 4. The number of rotatable bonds is 10. The number of allylic oxidation sites excluding steroid dienone is 4. The second kappa shape index (κ2) is 23.4. The van der Waals surface area contributed by atoms with Crippen LogP contribution in [0.5, 0.6) is 5.75 Å². The van der Waals surface area contributed by atoms with Gasteiger partial charge in [-0.15, -0.1) is 6.58 Å². The van der Waals surface area contributed by atoms with E-state index in [1.165, 1.54) is 19.1 Å². The van der Waals surface area contributed by atoms with Crippen LogP contribution >= 0.6 is 0 Å². The number of hydrogen-bond acceptors (Lipinski definition) is 12. The monoisotopic (exact) mass is 933 g/mol. The summed E-state index contributed by atoms with van der Waals surface area (Å²) in [4.78, 5) is 61.9. The number of esters is 1. The van der Waals surface area contributed by atoms with Crippen molar-refractivity contribution < 1.29 is 57.8 Å². The van der Waals surface area contributed by atoms with Gasteiger partial charge in [0.05, 0.1) is 24.4 Å². The quantitative estimate of drug-likeness (QED) is 0.121. The molecule has 4 aliphatic rings. The van der Waals surface area contributed by atoms with Crippen molar-refractivity contribution in [3.05, 3.63) is 66.4 Å². The lowest BCUT2D eigenvalue weighted by Crippen LogP contribution is -2.64. The number of aliphatic hydroxyl groups excluding tert-OH is 1. The van der Waals surface area contributed by atoms with Crippen LogP contribution in [-0.4, -0.2) is 125 Å². The fraction of sp³-hybridized carbons (Fsp3) is 0.660. The van der Waals surface area contributed by atoms with Crippen LogP contribution in [0.3, 0.4) is 0 Å². The minimum Gasteiger partial charge on any atom is -0.488 e. The summed E-state index contributed by atoms with van der Waals surface area (Å²) in [7, 11) is 3.07. The molecule has 1 aliphatic carbocycles. The summed E-state index contributed by atoms with van der Waals surface area (Å²) in [6.07, 6.45) is 7.83. The van der Waals surface area contributed by atoms with Gasteiger partial charge in [0.1, 0.15) is 35.9 Å². The molecule has 4 heterocycles. The average molecular weight is 933 g/mol. The molecule has 3 N–H and O–H groups in total. The van der Waals surface area contributed by atoms with Gasteiger partial charge in [0.2, 0.25) is 5.79 Å². The lowest BCUT2D eigenvalue weighted by molar-refractivity contribution is -0.302. The van der Waals surface area contributed by atoms with Gasteiger partial charge in [0, 0.05) is 68.6 Å². The first-order valence-electron chi connectivity index (χ1n) is 24.6. The molecule has 370 valence electrons. The third-order valence-electron chi connectivity index (χ3n) is 14.7. The first-order chi connectivity index (χ1) is 32.0. The van der Waals surface area contributed by atoms with Crippen molar-refractivity contribution in [3.63, 3.8) is 0 Å². The summed E-state index contributed by atoms with van der Waals surface area (Å²) in [6.45, 7) is 15.7. The number of amides is 1. The molecule has 1 aromatic carbocycles. The molecule has 2 saturated heterocycles. The SMILES string of the molecule is C=CCC1/C=C(\C)CC(C)CC(OC)C2OC(O)(C(=O)C(=O)N3CCCCC3C(=O)OC(C(C)=CC3CCC(Oc4ccc5[nH]ccc5c4)C(OCC)C3)C(C)C(O)CC1=O)C(C)CC2OC. The maximum absolute atomic E-state index is 14.6. The Kier molecular flexibility index (Phi) is 18.2. The third kappa shape index (κ3) is 12.4. The molecule has 2 aromatic rings. The van der Waals surface area contributed by atoms with E-state index in [9.17, 15) is 29.4 Å². The molecular weight excluding hydrogens is 857 g/mol. The molecule has 0 spiro atoms. The predicted octanol–water partition coefficient (Wildman–Crippen LogP) is 7.60. The Morgan fingerprint density at radius 1 is 0.970 bits per heavy atom. The maximum atomic E-state index is 14.6. The molecule has 14 atom stereocenters. The number of aromatic amines is 1. The zero-order valence-corrected chi connectivity index (χ0v) is 40.9. The number of ether oxygens (including phenoxy) is 6. The molecule has 1 amide bonds. The Labute approximate surface area is 396 Å². The van der Waals surface area contributed by atoms with Gasteiger partial charge in [-0.25, -0.2) is 4.79 Å². The van der Waals surface area contributed by atoms with Crippen molar-refractivity contribution in [1.82, 2.24) is 9.88 Å². The van der Waals surface area contributed by atoms with Crippen LogP contribution < -0.4 is 4.74 Å². The first-order valence-corrected chi connectivity index (χ1v) is 24.6. The Morgan fingerprint density at radius 2 is 1.72 bits per heavy atom. The largest absolute Gasteiger partial charge is 0.488 e. The molecule has 2 bridgehead atoms. The number of aromatic nitrogens is 1. The van der Waals surface area contributed by atoms with Crippen molar-refractivity contribution in [2.75, 3.05) is 27.4 Å². The highest BCUT2D eigenvalue weighted by atomic mass is 16.7. The van der Waals surface area contributed by atoms with E-state index in [1.807, 2.05) is 64.2 Å². The van der Waals surface area contributed by atoms with Crippen LogP contribution in [0.1, 0.15) is 112 Å². The molecule has 0 radical (unpaired) electrons. The number of H-pyrrole nitrogens is 1. The van der Waals surface area contributed by atoms with Gasteiger partial charge in [0.25, 0.3) is 11.7 Å². The number of nitrogens with one attached hydrogen (secondary N) is 1. The molecule has 3 aliphatic heterocycles. The lowest BCUT2D eigenvalue weighted by Gasteiger charge is -2.47. The normalized spacial score (nSPS) is 36.6. The van der Waals surface area contributed by atoms with Gasteiger partial charge in [-0.05, 0) is 127 Å². The van der Waals surface area contributed by atoms with Crippen LogP contribution in [0.15, 0.2) is 66.4 Å². The minimum absolute atomic E-state index is 0.00493. The van der Waals surface area contributed by atoms with E-state index in [4.69, 9.17) is 28.4 Å². The molecular formula is C53H76N2O12. The highest BCUT2D eigenvalue weighted by molar-refractivity contribution is 6.39. The third-order valence-corrected chi connectivity index (χ3v) is 14.7. The van der Waals surface area contributed by atoms with Crippen LogP contribution in [0.4, 0.5) is 0 Å². The van der Waals surface area contributed by atoms with Crippen molar-refractivity contribution in [2.24, 2.45) is 29.6 Å². The van der Waals surface area contributed by atoms with E-state index in [2.05, 4.69) is 17.6 Å². The molecule has 14 heteroatoms. The number of aliphatic hydroxyl groups is 2. The standard InChI is InChI=1S/C53H76N2O12/c1-10-14-38-24-31(3)23-32(4)25-46(62-8)49-47(63-9)27-34(6)53(61,67-49)50(58)51(59)55-22-13-12-15-41(55)52(60)66-48(35(7)42(56)30-43(38)57)33(5)26-36-16-19-44(45(28-36)64-11-2)65-39-17-18-40-37(29-39)20-21-54-40/h10,17-18,20-21,24,26,29,32,34-36,38,41-42,44-49,54,56,61H,1,11-16,19,22-23,25,27-28,30H2,2-9H3/b31-24+,33-26?. The van der Waals surface area contributed by atoms with E-state index in [0.717, 1.165) is 28.6 Å². The summed E-state index contributed by atoms with van der Waals surface area (Å²) < 4.78 is 37.3. The fourth-order valence-corrected chi connectivity index (χ4v) is 11.0. The molecule has 67 heavy (non-hydrogen) atoms. The zero-order chi connectivity index (χ0) is 48.6. The highest BCUT2D eigenvalue weighted by Gasteiger charge is 2.56. The molecule has 3 fully saturated rings. The summed E-state index contributed by atoms with van der Waals surface area (Å²) in [5, 5.41) is 25.1. The number of cyclic esters (lactones) is 1. The number of Topliss-reactive ketones (excluding diaryl/α,β-unsaturated/α-hetero) is 2. The smallest absolute Gasteiger partial charge is 0.329 e. The number of ketones is 2. The highest BCUT2D eigenvalue weighted by Crippen LogP contribution is 2.40. The van der Waals surface area contributed by atoms with Gasteiger partial charge in [-0.3, -0.25) is 14.4 Å². The van der Waals surface area contributed by atoms with E-state index in [1.54, 1.807) is 19.9 Å². The lowest BCUT2D eigenvalue weighted by atomic mass is 9.81. The predicted molar refractivity (Wildman–Crippen MR) is 254 cm³/mol. The van der Waals surface area contributed by atoms with Gasteiger partial charge in [0.15, 0.2) is 0 Å². The molecule has 6 rings (SSSR count). The van der Waals surface area contributed by atoms with E-state index in [-0.39, 0.29) is 55.6 Å². The summed E-state index contributed by atoms with van der Waals surface area (Å²) in [5.74, 6) is -6.97. The summed E-state index contributed by atoms with van der Waals surface area (Å²) in [5.41, 5.74) is 2.68. The average Bonchev–Trinajstić information content (AvgIpc) is 3.78. The van der Waals surface area contributed by atoms with E-state index >= 15 is 0 Å². The number of carbonyl (C=O) groups excluding carboxylic acids is 4. The van der Waals surface area contributed by atoms with E-state index < -0.39 is 77.8 Å². The van der Waals surface area contributed by atoms with Crippen LogP contribution in [-0.2, 0) is 42.9 Å². The topological polar surface area (TPSA) is 183 Å². The number of hydrogen-bond donors (Lipinski definition) is 3. The van der Waals surface area contributed by atoms with Gasteiger partial charge in [-0.2, -0.15) is 0 Å². The number of piperidine rings is 1. The summed E-state index contributed by atoms with van der Waals surface area (Å²) in [6, 6.07) is 6.83. The minimum atomic E-state index is -2.52. The molecule has 14 unspecified atom stereocenters. The Bertz CT molecular complexity index is 2100. The van der Waals surface area contributed by atoms with Gasteiger partial charge >= 0.3 is 5.97 Å². The van der Waals surface area contributed by atoms with E-state index in [0.29, 0.717) is 57.1 Å². The van der Waals surface area contributed by atoms with Crippen LogP contribution in [0.25, 0.3) is 10.9 Å². The zero-order valence-electron chi connectivity index (χ0n) is 40.9. The number of benzene rings is 1. The van der Waals surface area contributed by atoms with Crippen molar-refractivity contribution in [2.45, 2.75) is 167 Å². The van der Waals surface area contributed by atoms with Crippen molar-refractivity contribution in [1.29, 1.82) is 0 Å². The number of fused-ring (bicyclic) bond motifs is 4.